The Hall–Kier alpha value is -3.63. The number of rotatable bonds is 5. The predicted octanol–water partition coefficient (Wildman–Crippen LogP) is 6.34. The number of aromatic hydroxyl groups is 1. The van der Waals surface area contributed by atoms with E-state index >= 15 is 0 Å². The summed E-state index contributed by atoms with van der Waals surface area (Å²) >= 11 is 9.45. The van der Waals surface area contributed by atoms with Gasteiger partial charge in [0.1, 0.15) is 17.9 Å². The number of benzene rings is 3. The first-order valence-corrected chi connectivity index (χ1v) is 10.5. The monoisotopic (exact) mass is 532 g/mol. The van der Waals surface area contributed by atoms with Crippen molar-refractivity contribution in [2.45, 2.75) is 0 Å². The molecule has 2 amide bonds. The van der Waals surface area contributed by atoms with Gasteiger partial charge >= 0.3 is 6.03 Å². The Morgan fingerprint density at radius 2 is 1.85 bits per heavy atom. The van der Waals surface area contributed by atoms with Crippen molar-refractivity contribution in [1.82, 2.24) is 9.97 Å². The number of anilines is 2. The number of amides is 2. The molecule has 0 aliphatic carbocycles. The van der Waals surface area contributed by atoms with E-state index in [4.69, 9.17) is 21.1 Å². The van der Waals surface area contributed by atoms with E-state index in [1.54, 1.807) is 18.2 Å². The van der Waals surface area contributed by atoms with Crippen LogP contribution in [0.15, 0.2) is 59.3 Å². The van der Waals surface area contributed by atoms with Gasteiger partial charge in [0.05, 0.1) is 34.4 Å². The lowest BCUT2D eigenvalue weighted by molar-refractivity contribution is 0.262. The number of methoxy groups -OCH3 is 1. The molecular weight excluding hydrogens is 519 g/mol. The van der Waals surface area contributed by atoms with Gasteiger partial charge in [-0.05, 0) is 36.4 Å². The van der Waals surface area contributed by atoms with E-state index in [1.165, 1.54) is 43.8 Å². The van der Waals surface area contributed by atoms with E-state index in [-0.39, 0.29) is 33.8 Å². The smallest absolute Gasteiger partial charge is 0.323 e. The van der Waals surface area contributed by atoms with Crippen LogP contribution in [0, 0.1) is 5.82 Å². The number of phenols is 1. The van der Waals surface area contributed by atoms with Gasteiger partial charge in [0.25, 0.3) is 0 Å². The van der Waals surface area contributed by atoms with E-state index < -0.39 is 11.8 Å². The highest BCUT2D eigenvalue weighted by Gasteiger charge is 2.14. The summed E-state index contributed by atoms with van der Waals surface area (Å²) in [5.74, 6) is 0.161. The second-order valence-electron chi connectivity index (χ2n) is 6.67. The van der Waals surface area contributed by atoms with Crippen LogP contribution < -0.4 is 20.1 Å². The molecule has 0 aliphatic rings. The molecule has 0 radical (unpaired) electrons. The molecule has 0 unspecified atom stereocenters. The highest BCUT2D eigenvalue weighted by Crippen LogP contribution is 2.36. The molecule has 0 saturated heterocycles. The fraction of sp³-hybridized carbons (Fsp3) is 0.0455. The van der Waals surface area contributed by atoms with E-state index in [9.17, 15) is 14.3 Å². The van der Waals surface area contributed by atoms with Gasteiger partial charge in [0.2, 0.25) is 5.88 Å². The molecule has 1 heterocycles. The number of hydrogen-bond acceptors (Lipinski definition) is 6. The molecule has 0 atom stereocenters. The summed E-state index contributed by atoms with van der Waals surface area (Å²) in [6.07, 6.45) is 1.30. The van der Waals surface area contributed by atoms with Crippen LogP contribution in [0.1, 0.15) is 0 Å². The van der Waals surface area contributed by atoms with Gasteiger partial charge in [-0.2, -0.15) is 0 Å². The summed E-state index contributed by atoms with van der Waals surface area (Å²) in [5, 5.41) is 15.6. The molecular formula is C22H15BrClFN4O4. The topological polar surface area (TPSA) is 106 Å². The van der Waals surface area contributed by atoms with E-state index in [0.29, 0.717) is 21.1 Å². The molecule has 1 aromatic heterocycles. The molecule has 11 heteroatoms. The summed E-state index contributed by atoms with van der Waals surface area (Å²) in [5.41, 5.74) is 0.765. The van der Waals surface area contributed by atoms with Crippen LogP contribution in [-0.2, 0) is 0 Å². The minimum atomic E-state index is -0.666. The number of carbonyl (C=O) groups excluding carboxylic acids is 1. The largest absolute Gasteiger partial charge is 0.504 e. The maximum atomic E-state index is 13.9. The van der Waals surface area contributed by atoms with Gasteiger partial charge in [-0.3, -0.25) is 0 Å². The Labute approximate surface area is 200 Å². The molecule has 0 saturated carbocycles. The molecule has 0 fully saturated rings. The van der Waals surface area contributed by atoms with Crippen LogP contribution in [0.2, 0.25) is 5.02 Å². The van der Waals surface area contributed by atoms with Gasteiger partial charge in [0, 0.05) is 16.6 Å². The molecule has 0 bridgehead atoms. The molecule has 3 aromatic carbocycles. The first kappa shape index (κ1) is 22.6. The molecule has 33 heavy (non-hydrogen) atoms. The average molecular weight is 534 g/mol. The lowest BCUT2D eigenvalue weighted by Crippen LogP contribution is -2.20. The Bertz CT molecular complexity index is 1370. The van der Waals surface area contributed by atoms with Crippen molar-refractivity contribution in [3.05, 3.63) is 70.2 Å². The lowest BCUT2D eigenvalue weighted by Gasteiger charge is -2.12. The lowest BCUT2D eigenvalue weighted by atomic mass is 10.2. The second-order valence-corrected chi connectivity index (χ2v) is 7.99. The number of nitrogens with one attached hydrogen (secondary N) is 2. The zero-order valence-electron chi connectivity index (χ0n) is 16.9. The van der Waals surface area contributed by atoms with E-state index in [1.807, 2.05) is 0 Å². The average Bonchev–Trinajstić information content (AvgIpc) is 2.77. The SMILES string of the molecule is COc1cc2c(Oc3ccc(NC(=O)Nc4ccc(Br)cc4F)c(Cl)c3)ncnc2cc1O. The quantitative estimate of drug-likeness (QED) is 0.277. The first-order valence-electron chi connectivity index (χ1n) is 9.36. The third-order valence-corrected chi connectivity index (χ3v) is 5.29. The van der Waals surface area contributed by atoms with Crippen molar-refractivity contribution >= 4 is 55.8 Å². The van der Waals surface area contributed by atoms with E-state index in [0.717, 1.165) is 0 Å². The zero-order chi connectivity index (χ0) is 23.5. The van der Waals surface area contributed by atoms with Crippen LogP contribution in [0.4, 0.5) is 20.6 Å². The fourth-order valence-corrected chi connectivity index (χ4v) is 3.48. The summed E-state index contributed by atoms with van der Waals surface area (Å²) < 4.78 is 25.4. The molecule has 4 aromatic rings. The number of phenolic OH excluding ortho intramolecular Hbond substituents is 1. The molecule has 3 N–H and O–H groups in total. The number of hydrogen-bond donors (Lipinski definition) is 3. The Kier molecular flexibility index (Phi) is 6.47. The van der Waals surface area contributed by atoms with Crippen molar-refractivity contribution in [1.29, 1.82) is 0 Å². The minimum absolute atomic E-state index is 0.0175. The summed E-state index contributed by atoms with van der Waals surface area (Å²) in [6, 6.07) is 11.2. The number of aromatic nitrogens is 2. The molecule has 4 rings (SSSR count). The third kappa shape index (κ3) is 5.07. The number of ether oxygens (including phenoxy) is 2. The number of carbonyl (C=O) groups is 1. The maximum Gasteiger partial charge on any atom is 0.323 e. The van der Waals surface area contributed by atoms with Gasteiger partial charge in [-0.25, -0.2) is 19.2 Å². The fourth-order valence-electron chi connectivity index (χ4n) is 2.93. The van der Waals surface area contributed by atoms with Crippen LogP contribution >= 0.6 is 27.5 Å². The Morgan fingerprint density at radius 1 is 1.09 bits per heavy atom. The summed E-state index contributed by atoms with van der Waals surface area (Å²) in [6.45, 7) is 0. The minimum Gasteiger partial charge on any atom is -0.504 e. The number of urea groups is 1. The molecule has 168 valence electrons. The Balaban J connectivity index is 1.52. The third-order valence-electron chi connectivity index (χ3n) is 4.48. The van der Waals surface area contributed by atoms with Crippen molar-refractivity contribution in [3.8, 4) is 23.1 Å². The van der Waals surface area contributed by atoms with E-state index in [2.05, 4.69) is 36.5 Å². The van der Waals surface area contributed by atoms with Gasteiger partial charge in [0.15, 0.2) is 11.5 Å². The van der Waals surface area contributed by atoms with Crippen LogP contribution in [-0.4, -0.2) is 28.2 Å². The van der Waals surface area contributed by atoms with Crippen molar-refractivity contribution in [2.75, 3.05) is 17.7 Å². The van der Waals surface area contributed by atoms with Crippen molar-refractivity contribution < 1.29 is 23.8 Å². The highest BCUT2D eigenvalue weighted by atomic mass is 79.9. The Morgan fingerprint density at radius 3 is 2.58 bits per heavy atom. The first-order chi connectivity index (χ1) is 15.8. The normalized spacial score (nSPS) is 10.7. The summed E-state index contributed by atoms with van der Waals surface area (Å²) in [4.78, 5) is 20.5. The standard InChI is InChI=1S/C22H15BrClFN4O4/c1-32-20-8-13-18(9-19(20)30)26-10-27-21(13)33-12-3-5-16(14(24)7-12)28-22(31)29-17-4-2-11(23)6-15(17)25/h2-10,30H,1H3,(H2,28,29,31). The number of nitrogens with zero attached hydrogens (tertiary/aromatic N) is 2. The summed E-state index contributed by atoms with van der Waals surface area (Å²) in [7, 11) is 1.43. The van der Waals surface area contributed by atoms with Crippen LogP contribution in [0.3, 0.4) is 0 Å². The van der Waals surface area contributed by atoms with Gasteiger partial charge in [-0.15, -0.1) is 0 Å². The molecule has 8 nitrogen and oxygen atoms in total. The predicted molar refractivity (Wildman–Crippen MR) is 126 cm³/mol. The van der Waals surface area contributed by atoms with Crippen molar-refractivity contribution in [2.24, 2.45) is 0 Å². The van der Waals surface area contributed by atoms with Crippen molar-refractivity contribution in [3.63, 3.8) is 0 Å². The van der Waals surface area contributed by atoms with Gasteiger partial charge in [-0.1, -0.05) is 27.5 Å². The highest BCUT2D eigenvalue weighted by molar-refractivity contribution is 9.10. The molecule has 0 aliphatic heterocycles. The van der Waals surface area contributed by atoms with Crippen LogP contribution in [0.5, 0.6) is 23.1 Å². The number of fused-ring (bicyclic) bond motifs is 1. The second kappa shape index (κ2) is 9.47. The number of halogens is 3. The molecule has 0 spiro atoms. The van der Waals surface area contributed by atoms with Crippen LogP contribution in [0.25, 0.3) is 10.9 Å². The van der Waals surface area contributed by atoms with Gasteiger partial charge < -0.3 is 25.2 Å². The zero-order valence-corrected chi connectivity index (χ0v) is 19.2. The maximum absolute atomic E-state index is 13.9.